The molecule has 0 radical (unpaired) electrons. The van der Waals surface area contributed by atoms with E-state index >= 15 is 0 Å². The van der Waals surface area contributed by atoms with Gasteiger partial charge in [0.05, 0.1) is 5.41 Å². The molecule has 0 aromatic carbocycles. The predicted molar refractivity (Wildman–Crippen MR) is 78.2 cm³/mol. The number of carbonyl (C=O) groups excluding carboxylic acids is 1. The lowest BCUT2D eigenvalue weighted by atomic mass is 9.81. The maximum Gasteiger partial charge on any atom is 0.231 e. The van der Waals surface area contributed by atoms with Crippen LogP contribution in [0.3, 0.4) is 0 Å². The number of nitrogens with zero attached hydrogens (tertiary/aromatic N) is 1. The van der Waals surface area contributed by atoms with Gasteiger partial charge < -0.3 is 14.8 Å². The van der Waals surface area contributed by atoms with Crippen LogP contribution in [-0.4, -0.2) is 42.5 Å². The first-order valence-corrected chi connectivity index (χ1v) is 7.70. The average molecular weight is 293 g/mol. The third-order valence-corrected chi connectivity index (χ3v) is 4.64. The molecule has 0 unspecified atom stereocenters. The van der Waals surface area contributed by atoms with Crippen molar-refractivity contribution in [3.8, 4) is 0 Å². The molecule has 21 heavy (non-hydrogen) atoms. The van der Waals surface area contributed by atoms with Gasteiger partial charge >= 0.3 is 0 Å². The van der Waals surface area contributed by atoms with Gasteiger partial charge in [0.15, 0.2) is 5.82 Å². The van der Waals surface area contributed by atoms with Crippen LogP contribution in [0.4, 0.5) is 5.82 Å². The minimum atomic E-state index is -0.351. The molecule has 6 nitrogen and oxygen atoms in total. The maximum absolute atomic E-state index is 12.4. The molecule has 1 amide bonds. The van der Waals surface area contributed by atoms with Crippen LogP contribution >= 0.6 is 0 Å². The van der Waals surface area contributed by atoms with E-state index in [1.165, 1.54) is 0 Å². The second-order valence-electron chi connectivity index (χ2n) is 6.22. The minimum absolute atomic E-state index is 0.0378. The summed E-state index contributed by atoms with van der Waals surface area (Å²) in [5, 5.41) is 10.2. The molecule has 1 aromatic heterocycles. The normalized spacial score (nSPS) is 22.9. The van der Waals surface area contributed by atoms with E-state index < -0.39 is 0 Å². The van der Waals surface area contributed by atoms with Crippen molar-refractivity contribution in [3.63, 3.8) is 0 Å². The van der Waals surface area contributed by atoms with Gasteiger partial charge in [0.2, 0.25) is 5.91 Å². The van der Waals surface area contributed by atoms with Gasteiger partial charge in [-0.3, -0.25) is 9.89 Å². The third-order valence-electron chi connectivity index (χ3n) is 4.64. The Kier molecular flexibility index (Phi) is 4.26. The minimum Gasteiger partial charge on any atom is -0.381 e. The van der Waals surface area contributed by atoms with Gasteiger partial charge in [-0.15, -0.1) is 0 Å². The molecule has 2 aliphatic heterocycles. The van der Waals surface area contributed by atoms with Crippen molar-refractivity contribution in [3.05, 3.63) is 11.8 Å². The number of nitrogens with one attached hydrogen (secondary N) is 2. The Labute approximate surface area is 124 Å². The number of anilines is 1. The van der Waals surface area contributed by atoms with Gasteiger partial charge in [-0.1, -0.05) is 6.92 Å². The number of amides is 1. The van der Waals surface area contributed by atoms with Crippen molar-refractivity contribution in [1.29, 1.82) is 0 Å². The lowest BCUT2D eigenvalue weighted by molar-refractivity contribution is -0.129. The first kappa shape index (κ1) is 14.5. The highest BCUT2D eigenvalue weighted by Gasteiger charge is 2.35. The number of hydrogen-bond acceptors (Lipinski definition) is 4. The lowest BCUT2D eigenvalue weighted by Gasteiger charge is -2.31. The molecule has 1 aromatic rings. The SMILES string of the molecule is CC1(C(=O)Nc2cc(C3CCOCC3)[nH]n2)CCOCC1. The highest BCUT2D eigenvalue weighted by molar-refractivity contribution is 5.94. The fourth-order valence-electron chi connectivity index (χ4n) is 2.93. The molecular formula is C15H23N3O3. The molecule has 2 aliphatic rings. The van der Waals surface area contributed by atoms with Gasteiger partial charge in [-0.05, 0) is 25.7 Å². The molecule has 0 bridgehead atoms. The summed E-state index contributed by atoms with van der Waals surface area (Å²) in [5.41, 5.74) is 0.737. The van der Waals surface area contributed by atoms with E-state index in [0.717, 1.165) is 44.6 Å². The van der Waals surface area contributed by atoms with Crippen molar-refractivity contribution in [2.24, 2.45) is 5.41 Å². The number of carbonyl (C=O) groups is 1. The molecule has 0 saturated carbocycles. The van der Waals surface area contributed by atoms with Crippen molar-refractivity contribution >= 4 is 11.7 Å². The fraction of sp³-hybridized carbons (Fsp3) is 0.733. The smallest absolute Gasteiger partial charge is 0.231 e. The topological polar surface area (TPSA) is 76.2 Å². The summed E-state index contributed by atoms with van der Waals surface area (Å²) < 4.78 is 10.7. The zero-order valence-corrected chi connectivity index (χ0v) is 12.5. The molecule has 6 heteroatoms. The van der Waals surface area contributed by atoms with Crippen LogP contribution < -0.4 is 5.32 Å². The van der Waals surface area contributed by atoms with Gasteiger partial charge in [-0.25, -0.2) is 0 Å². The highest BCUT2D eigenvalue weighted by atomic mass is 16.5. The quantitative estimate of drug-likeness (QED) is 0.894. The Morgan fingerprint density at radius 3 is 2.67 bits per heavy atom. The van der Waals surface area contributed by atoms with Gasteiger partial charge in [0.1, 0.15) is 0 Å². The van der Waals surface area contributed by atoms with E-state index in [9.17, 15) is 4.79 Å². The molecule has 2 N–H and O–H groups in total. The molecule has 0 spiro atoms. The Hall–Kier alpha value is -1.40. The number of rotatable bonds is 3. The molecule has 3 heterocycles. The second-order valence-corrected chi connectivity index (χ2v) is 6.22. The Morgan fingerprint density at radius 2 is 1.95 bits per heavy atom. The number of aromatic nitrogens is 2. The summed E-state index contributed by atoms with van der Waals surface area (Å²) in [5.74, 6) is 1.11. The van der Waals surface area contributed by atoms with Crippen LogP contribution in [-0.2, 0) is 14.3 Å². The van der Waals surface area contributed by atoms with E-state index in [4.69, 9.17) is 9.47 Å². The summed E-state index contributed by atoms with van der Waals surface area (Å²) >= 11 is 0. The number of H-pyrrole nitrogens is 1. The average Bonchev–Trinajstić information content (AvgIpc) is 2.97. The molecule has 116 valence electrons. The Balaban J connectivity index is 1.62. The highest BCUT2D eigenvalue weighted by Crippen LogP contribution is 2.32. The summed E-state index contributed by atoms with van der Waals surface area (Å²) in [6.07, 6.45) is 3.53. The largest absolute Gasteiger partial charge is 0.381 e. The van der Waals surface area contributed by atoms with Crippen LogP contribution in [0, 0.1) is 5.41 Å². The van der Waals surface area contributed by atoms with Crippen LogP contribution in [0.25, 0.3) is 0 Å². The van der Waals surface area contributed by atoms with Gasteiger partial charge in [0.25, 0.3) is 0 Å². The van der Waals surface area contributed by atoms with Crippen LogP contribution in [0.2, 0.25) is 0 Å². The Morgan fingerprint density at radius 1 is 1.29 bits per heavy atom. The lowest BCUT2D eigenvalue weighted by Crippen LogP contribution is -2.38. The first-order valence-electron chi connectivity index (χ1n) is 7.70. The van der Waals surface area contributed by atoms with Crippen LogP contribution in [0.15, 0.2) is 6.07 Å². The van der Waals surface area contributed by atoms with Crippen molar-refractivity contribution < 1.29 is 14.3 Å². The fourth-order valence-corrected chi connectivity index (χ4v) is 2.93. The molecule has 3 rings (SSSR count). The summed E-state index contributed by atoms with van der Waals surface area (Å²) in [6.45, 7) is 4.89. The van der Waals surface area contributed by atoms with E-state index in [2.05, 4.69) is 15.5 Å². The number of aromatic amines is 1. The van der Waals surface area contributed by atoms with E-state index in [1.807, 2.05) is 13.0 Å². The van der Waals surface area contributed by atoms with Crippen molar-refractivity contribution in [2.45, 2.75) is 38.5 Å². The van der Waals surface area contributed by atoms with E-state index in [0.29, 0.717) is 24.9 Å². The van der Waals surface area contributed by atoms with Crippen LogP contribution in [0.5, 0.6) is 0 Å². The van der Waals surface area contributed by atoms with E-state index in [-0.39, 0.29) is 11.3 Å². The maximum atomic E-state index is 12.4. The number of ether oxygens (including phenoxy) is 2. The standard InChI is InChI=1S/C15H23N3O3/c1-15(4-8-21-9-5-15)14(19)16-13-10-12(17-18-13)11-2-6-20-7-3-11/h10-11H,2-9H2,1H3,(H2,16,17,18,19). The van der Waals surface area contributed by atoms with E-state index in [1.54, 1.807) is 0 Å². The predicted octanol–water partition coefficient (Wildman–Crippen LogP) is 2.06. The monoisotopic (exact) mass is 293 g/mol. The molecule has 0 atom stereocenters. The van der Waals surface area contributed by atoms with Crippen molar-refractivity contribution in [1.82, 2.24) is 10.2 Å². The zero-order valence-electron chi connectivity index (χ0n) is 12.5. The molecule has 0 aliphatic carbocycles. The van der Waals surface area contributed by atoms with Crippen LogP contribution in [0.1, 0.15) is 44.2 Å². The molecular weight excluding hydrogens is 270 g/mol. The number of hydrogen-bond donors (Lipinski definition) is 2. The summed E-state index contributed by atoms with van der Waals surface area (Å²) in [6, 6.07) is 1.95. The molecule has 2 fully saturated rings. The van der Waals surface area contributed by atoms with Gasteiger partial charge in [-0.2, -0.15) is 5.10 Å². The molecule has 2 saturated heterocycles. The van der Waals surface area contributed by atoms with Gasteiger partial charge in [0, 0.05) is 44.1 Å². The third kappa shape index (κ3) is 3.27. The second kappa shape index (κ2) is 6.15. The summed E-state index contributed by atoms with van der Waals surface area (Å²) in [7, 11) is 0. The summed E-state index contributed by atoms with van der Waals surface area (Å²) in [4.78, 5) is 12.4. The Bertz CT molecular complexity index is 488. The first-order chi connectivity index (χ1) is 10.2. The van der Waals surface area contributed by atoms with Crippen molar-refractivity contribution in [2.75, 3.05) is 31.7 Å². The zero-order chi connectivity index (χ0) is 14.7.